The molecular weight excluding hydrogens is 200 g/mol. The van der Waals surface area contributed by atoms with Crippen molar-refractivity contribution < 1.29 is 4.84 Å². The molecule has 2 rings (SSSR count). The fourth-order valence-corrected chi connectivity index (χ4v) is 2.09. The van der Waals surface area contributed by atoms with Crippen LogP contribution in [0.4, 0.5) is 0 Å². The molecule has 3 nitrogen and oxygen atoms in total. The number of benzene rings is 1. The van der Waals surface area contributed by atoms with Crippen LogP contribution in [0.5, 0.6) is 0 Å². The maximum atomic E-state index is 5.72. The molecule has 1 aliphatic heterocycles. The normalized spacial score (nSPS) is 20.5. The van der Waals surface area contributed by atoms with Crippen molar-refractivity contribution in [3.63, 3.8) is 0 Å². The van der Waals surface area contributed by atoms with Crippen LogP contribution in [-0.4, -0.2) is 30.8 Å². The second kappa shape index (κ2) is 5.99. The van der Waals surface area contributed by atoms with Crippen molar-refractivity contribution in [2.75, 3.05) is 19.7 Å². The van der Waals surface area contributed by atoms with Gasteiger partial charge >= 0.3 is 0 Å². The van der Waals surface area contributed by atoms with Crippen LogP contribution in [0.3, 0.4) is 0 Å². The molecule has 0 amide bonds. The Morgan fingerprint density at radius 1 is 1.38 bits per heavy atom. The van der Waals surface area contributed by atoms with Crippen LogP contribution >= 0.6 is 0 Å². The van der Waals surface area contributed by atoms with Gasteiger partial charge in [0.1, 0.15) is 0 Å². The van der Waals surface area contributed by atoms with Gasteiger partial charge in [0.05, 0.1) is 6.61 Å². The fraction of sp³-hybridized carbons (Fsp3) is 0.538. The Balaban J connectivity index is 1.96. The van der Waals surface area contributed by atoms with Gasteiger partial charge in [0.25, 0.3) is 0 Å². The Hall–Kier alpha value is -0.900. The predicted octanol–water partition coefficient (Wildman–Crippen LogP) is 1.80. The molecule has 1 heterocycles. The Morgan fingerprint density at radius 2 is 2.19 bits per heavy atom. The van der Waals surface area contributed by atoms with Crippen LogP contribution in [0.25, 0.3) is 0 Å². The topological polar surface area (TPSA) is 24.5 Å². The van der Waals surface area contributed by atoms with Gasteiger partial charge in [-0.15, -0.1) is 0 Å². The fourth-order valence-electron chi connectivity index (χ4n) is 2.09. The Morgan fingerprint density at radius 3 is 2.81 bits per heavy atom. The molecule has 88 valence electrons. The highest BCUT2D eigenvalue weighted by molar-refractivity contribution is 5.14. The van der Waals surface area contributed by atoms with Gasteiger partial charge in [-0.05, 0) is 25.5 Å². The lowest BCUT2D eigenvalue weighted by Crippen LogP contribution is -2.36. The molecule has 16 heavy (non-hydrogen) atoms. The summed E-state index contributed by atoms with van der Waals surface area (Å²) in [5.41, 5.74) is 1.31. The summed E-state index contributed by atoms with van der Waals surface area (Å²) >= 11 is 0. The van der Waals surface area contributed by atoms with E-state index in [0.29, 0.717) is 6.04 Å². The third-order valence-corrected chi connectivity index (χ3v) is 2.92. The minimum Gasteiger partial charge on any atom is -0.315 e. The van der Waals surface area contributed by atoms with Crippen molar-refractivity contribution in [1.29, 1.82) is 0 Å². The standard InChI is InChI=1S/C13H20N2O/c1-2-16-15(13-8-9-14-10-13)11-12-6-4-3-5-7-12/h3-7,13-14H,2,8-11H2,1H3. The van der Waals surface area contributed by atoms with Crippen LogP contribution in [-0.2, 0) is 11.4 Å². The van der Waals surface area contributed by atoms with Gasteiger partial charge < -0.3 is 5.32 Å². The average molecular weight is 220 g/mol. The molecule has 0 saturated carbocycles. The van der Waals surface area contributed by atoms with Crippen molar-refractivity contribution in [2.24, 2.45) is 0 Å². The van der Waals surface area contributed by atoms with E-state index >= 15 is 0 Å². The van der Waals surface area contributed by atoms with E-state index in [1.807, 2.05) is 13.0 Å². The molecule has 1 saturated heterocycles. The second-order valence-corrected chi connectivity index (χ2v) is 4.13. The second-order valence-electron chi connectivity index (χ2n) is 4.13. The summed E-state index contributed by atoms with van der Waals surface area (Å²) in [5, 5.41) is 5.50. The van der Waals surface area contributed by atoms with Crippen molar-refractivity contribution in [2.45, 2.75) is 25.9 Å². The van der Waals surface area contributed by atoms with Crippen molar-refractivity contribution in [3.8, 4) is 0 Å². The van der Waals surface area contributed by atoms with Gasteiger partial charge in [-0.25, -0.2) is 0 Å². The zero-order valence-corrected chi connectivity index (χ0v) is 9.86. The third kappa shape index (κ3) is 3.04. The van der Waals surface area contributed by atoms with E-state index in [4.69, 9.17) is 4.84 Å². The number of hydrogen-bond donors (Lipinski definition) is 1. The van der Waals surface area contributed by atoms with Crippen LogP contribution in [0.2, 0.25) is 0 Å². The van der Waals surface area contributed by atoms with E-state index in [2.05, 4.69) is 34.6 Å². The molecule has 0 spiro atoms. The maximum absolute atomic E-state index is 5.72. The smallest absolute Gasteiger partial charge is 0.0657 e. The zero-order valence-electron chi connectivity index (χ0n) is 9.86. The van der Waals surface area contributed by atoms with E-state index in [1.165, 1.54) is 12.0 Å². The van der Waals surface area contributed by atoms with Crippen LogP contribution in [0.15, 0.2) is 30.3 Å². The lowest BCUT2D eigenvalue weighted by molar-refractivity contribution is -0.186. The first-order chi connectivity index (χ1) is 7.90. The molecule has 1 unspecified atom stereocenters. The minimum atomic E-state index is 0.514. The molecule has 1 aromatic rings. The number of hydrogen-bond acceptors (Lipinski definition) is 3. The molecule has 1 atom stereocenters. The maximum Gasteiger partial charge on any atom is 0.0657 e. The highest BCUT2D eigenvalue weighted by Crippen LogP contribution is 2.13. The zero-order chi connectivity index (χ0) is 11.2. The van der Waals surface area contributed by atoms with Gasteiger partial charge in [0.2, 0.25) is 0 Å². The molecule has 0 radical (unpaired) electrons. The van der Waals surface area contributed by atoms with Crippen molar-refractivity contribution in [3.05, 3.63) is 35.9 Å². The van der Waals surface area contributed by atoms with E-state index in [-0.39, 0.29) is 0 Å². The Labute approximate surface area is 97.4 Å². The first-order valence-electron chi connectivity index (χ1n) is 6.04. The predicted molar refractivity (Wildman–Crippen MR) is 64.9 cm³/mol. The van der Waals surface area contributed by atoms with Crippen molar-refractivity contribution in [1.82, 2.24) is 10.4 Å². The number of rotatable bonds is 5. The molecule has 3 heteroatoms. The summed E-state index contributed by atoms with van der Waals surface area (Å²) in [6.45, 7) is 5.79. The average Bonchev–Trinajstić information content (AvgIpc) is 2.83. The summed E-state index contributed by atoms with van der Waals surface area (Å²) in [7, 11) is 0. The molecule has 1 N–H and O–H groups in total. The minimum absolute atomic E-state index is 0.514. The SMILES string of the molecule is CCON(Cc1ccccc1)C1CCNC1. The molecule has 0 aromatic heterocycles. The van der Waals surface area contributed by atoms with Gasteiger partial charge in [-0.3, -0.25) is 4.84 Å². The number of nitrogens with one attached hydrogen (secondary N) is 1. The quantitative estimate of drug-likeness (QED) is 0.766. The third-order valence-electron chi connectivity index (χ3n) is 2.92. The molecule has 1 aromatic carbocycles. The monoisotopic (exact) mass is 220 g/mol. The highest BCUT2D eigenvalue weighted by Gasteiger charge is 2.22. The first-order valence-corrected chi connectivity index (χ1v) is 6.04. The van der Waals surface area contributed by atoms with E-state index < -0.39 is 0 Å². The van der Waals surface area contributed by atoms with Gasteiger partial charge in [0.15, 0.2) is 0 Å². The lowest BCUT2D eigenvalue weighted by Gasteiger charge is -2.26. The molecular formula is C13H20N2O. The highest BCUT2D eigenvalue weighted by atomic mass is 16.7. The lowest BCUT2D eigenvalue weighted by atomic mass is 10.2. The summed E-state index contributed by atoms with van der Waals surface area (Å²) < 4.78 is 0. The van der Waals surface area contributed by atoms with Gasteiger partial charge in [-0.2, -0.15) is 5.06 Å². The van der Waals surface area contributed by atoms with Gasteiger partial charge in [0, 0.05) is 19.1 Å². The largest absolute Gasteiger partial charge is 0.315 e. The first kappa shape index (κ1) is 11.6. The Bertz CT molecular complexity index is 296. The van der Waals surface area contributed by atoms with Gasteiger partial charge in [-0.1, -0.05) is 30.3 Å². The number of hydroxylamine groups is 2. The van der Waals surface area contributed by atoms with E-state index in [1.54, 1.807) is 0 Å². The molecule has 1 fully saturated rings. The summed E-state index contributed by atoms with van der Waals surface area (Å²) in [4.78, 5) is 5.72. The summed E-state index contributed by atoms with van der Waals surface area (Å²) in [6.07, 6.45) is 1.17. The van der Waals surface area contributed by atoms with E-state index in [9.17, 15) is 0 Å². The molecule has 0 bridgehead atoms. The molecule has 0 aliphatic carbocycles. The Kier molecular flexibility index (Phi) is 4.34. The summed E-state index contributed by atoms with van der Waals surface area (Å²) in [6, 6.07) is 11.0. The van der Waals surface area contributed by atoms with Crippen LogP contribution in [0, 0.1) is 0 Å². The van der Waals surface area contributed by atoms with Crippen LogP contribution in [0.1, 0.15) is 18.9 Å². The summed E-state index contributed by atoms with van der Waals surface area (Å²) in [5.74, 6) is 0. The number of nitrogens with zero attached hydrogens (tertiary/aromatic N) is 1. The van der Waals surface area contributed by atoms with Crippen LogP contribution < -0.4 is 5.32 Å². The van der Waals surface area contributed by atoms with Crippen molar-refractivity contribution >= 4 is 0 Å². The van der Waals surface area contributed by atoms with E-state index in [0.717, 1.165) is 26.2 Å². The molecule has 1 aliphatic rings.